The van der Waals surface area contributed by atoms with Gasteiger partial charge in [-0.3, -0.25) is 9.98 Å². The number of nitrogens with zero attached hydrogens (tertiary/aromatic N) is 3. The number of nitrogens with two attached hydrogens (primary N) is 1. The van der Waals surface area contributed by atoms with Crippen molar-refractivity contribution in [2.45, 2.75) is 12.2 Å². The van der Waals surface area contributed by atoms with Gasteiger partial charge in [0.25, 0.3) is 0 Å². The molecule has 0 spiro atoms. The molecule has 3 aromatic rings. The van der Waals surface area contributed by atoms with Crippen LogP contribution in [0.1, 0.15) is 11.1 Å². The molecule has 1 atom stereocenters. The molecule has 0 fully saturated rings. The summed E-state index contributed by atoms with van der Waals surface area (Å²) in [5.41, 5.74) is 8.24. The topological polar surface area (TPSA) is 91.8 Å². The summed E-state index contributed by atoms with van der Waals surface area (Å²) in [6, 6.07) is 12.6. The van der Waals surface area contributed by atoms with E-state index in [1.807, 2.05) is 30.3 Å². The van der Waals surface area contributed by atoms with Gasteiger partial charge in [0.05, 0.1) is 19.9 Å². The molecule has 160 valence electrons. The van der Waals surface area contributed by atoms with E-state index in [4.69, 9.17) is 20.2 Å². The summed E-state index contributed by atoms with van der Waals surface area (Å²) in [7, 11) is 1.58. The molecule has 0 radical (unpaired) electrons. The lowest BCUT2D eigenvalue weighted by atomic mass is 9.83. The Bertz CT molecular complexity index is 1090. The Morgan fingerprint density at radius 1 is 1.06 bits per heavy atom. The van der Waals surface area contributed by atoms with Gasteiger partial charge in [0.15, 0.2) is 0 Å². The first-order valence-corrected chi connectivity index (χ1v) is 9.43. The van der Waals surface area contributed by atoms with Crippen molar-refractivity contribution in [2.24, 2.45) is 10.7 Å². The Morgan fingerprint density at radius 2 is 1.94 bits per heavy atom. The summed E-state index contributed by atoms with van der Waals surface area (Å²) in [5, 5.41) is 0. The molecule has 31 heavy (non-hydrogen) atoms. The third kappa shape index (κ3) is 4.31. The van der Waals surface area contributed by atoms with Crippen molar-refractivity contribution in [1.82, 2.24) is 9.97 Å². The van der Waals surface area contributed by atoms with Gasteiger partial charge in [-0.1, -0.05) is 18.2 Å². The number of hydrogen-bond donors (Lipinski definition) is 1. The molecule has 1 aliphatic heterocycles. The zero-order chi connectivity index (χ0) is 21.8. The number of methoxy groups -OCH3 is 1. The first-order valence-electron chi connectivity index (χ1n) is 9.43. The summed E-state index contributed by atoms with van der Waals surface area (Å²) in [4.78, 5) is 12.9. The average molecular weight is 426 g/mol. The summed E-state index contributed by atoms with van der Waals surface area (Å²) in [6.45, 7) is -2.53. The lowest BCUT2D eigenvalue weighted by Gasteiger charge is -2.34. The second kappa shape index (κ2) is 8.65. The van der Waals surface area contributed by atoms with Gasteiger partial charge in [0.2, 0.25) is 5.88 Å². The number of alkyl halides is 2. The predicted octanol–water partition coefficient (Wildman–Crippen LogP) is 3.38. The fourth-order valence-corrected chi connectivity index (χ4v) is 3.51. The Hall–Kier alpha value is -3.59. The number of amidine groups is 1. The van der Waals surface area contributed by atoms with Crippen LogP contribution >= 0.6 is 0 Å². The van der Waals surface area contributed by atoms with Crippen LogP contribution in [-0.4, -0.2) is 42.7 Å². The van der Waals surface area contributed by atoms with Crippen LogP contribution in [0.4, 0.5) is 8.78 Å². The minimum absolute atomic E-state index is 0.182. The highest BCUT2D eigenvalue weighted by Gasteiger charge is 2.38. The molecular formula is C22H20F2N4O3. The van der Waals surface area contributed by atoms with Crippen LogP contribution in [-0.2, 0) is 10.3 Å². The molecule has 0 saturated carbocycles. The number of aromatic nitrogens is 2. The first-order chi connectivity index (χ1) is 15.0. The number of aliphatic imine (C=N–C) groups is 1. The van der Waals surface area contributed by atoms with Gasteiger partial charge in [-0.15, -0.1) is 0 Å². The van der Waals surface area contributed by atoms with Crippen molar-refractivity contribution < 1.29 is 23.0 Å². The second-order valence-corrected chi connectivity index (χ2v) is 6.91. The molecule has 2 N–H and O–H groups in total. The number of halogens is 2. The van der Waals surface area contributed by atoms with E-state index >= 15 is 0 Å². The molecule has 1 aromatic carbocycles. The molecule has 0 aliphatic carbocycles. The normalized spacial score (nSPS) is 18.5. The Balaban J connectivity index is 1.79. The number of ether oxygens (including phenoxy) is 3. The standard InChI is InChI=1S/C22H20F2N4O3/c1-29-18-8-15(9-26-11-18)14-3-2-4-16(7-14)22(13-30-12-19(25)28-22)17-5-6-20(27-10-17)31-21(23)24/h2-11,21H,12-13H2,1H3,(H2,25,28). The predicted molar refractivity (Wildman–Crippen MR) is 110 cm³/mol. The Kier molecular flexibility index (Phi) is 5.77. The van der Waals surface area contributed by atoms with E-state index < -0.39 is 12.2 Å². The number of benzene rings is 1. The number of pyridine rings is 2. The minimum Gasteiger partial charge on any atom is -0.495 e. The molecule has 0 bridgehead atoms. The summed E-state index contributed by atoms with van der Waals surface area (Å²) in [6.07, 6.45) is 4.81. The lowest BCUT2D eigenvalue weighted by molar-refractivity contribution is -0.0528. The zero-order valence-corrected chi connectivity index (χ0v) is 16.7. The number of hydrogen-bond acceptors (Lipinski definition) is 7. The Morgan fingerprint density at radius 3 is 2.65 bits per heavy atom. The van der Waals surface area contributed by atoms with Crippen LogP contribution in [0.2, 0.25) is 0 Å². The van der Waals surface area contributed by atoms with Crippen LogP contribution in [0.3, 0.4) is 0 Å². The molecule has 7 nitrogen and oxygen atoms in total. The smallest absolute Gasteiger partial charge is 0.388 e. The molecule has 2 aromatic heterocycles. The maximum absolute atomic E-state index is 12.5. The van der Waals surface area contributed by atoms with Crippen LogP contribution in [0.15, 0.2) is 66.0 Å². The maximum Gasteiger partial charge on any atom is 0.388 e. The van der Waals surface area contributed by atoms with Crippen LogP contribution in [0, 0.1) is 0 Å². The van der Waals surface area contributed by atoms with E-state index in [0.29, 0.717) is 17.1 Å². The van der Waals surface area contributed by atoms with Crippen LogP contribution < -0.4 is 15.2 Å². The van der Waals surface area contributed by atoms with Crippen molar-refractivity contribution in [3.05, 3.63) is 72.2 Å². The third-order valence-electron chi connectivity index (χ3n) is 4.94. The van der Waals surface area contributed by atoms with Gasteiger partial charge in [0.1, 0.15) is 23.7 Å². The van der Waals surface area contributed by atoms with E-state index in [1.54, 1.807) is 25.6 Å². The van der Waals surface area contributed by atoms with E-state index in [-0.39, 0.29) is 19.1 Å². The highest BCUT2D eigenvalue weighted by Crippen LogP contribution is 2.38. The SMILES string of the molecule is COc1cncc(-c2cccc(C3(c4ccc(OC(F)F)nc4)COCC(N)=N3)c2)c1. The maximum atomic E-state index is 12.5. The highest BCUT2D eigenvalue weighted by molar-refractivity contribution is 5.83. The first kappa shape index (κ1) is 20.7. The van der Waals surface area contributed by atoms with Gasteiger partial charge in [0, 0.05) is 29.6 Å². The average Bonchev–Trinajstić information content (AvgIpc) is 2.79. The third-order valence-corrected chi connectivity index (χ3v) is 4.94. The molecular weight excluding hydrogens is 406 g/mol. The number of rotatable bonds is 6. The van der Waals surface area contributed by atoms with Crippen molar-refractivity contribution >= 4 is 5.84 Å². The largest absolute Gasteiger partial charge is 0.495 e. The van der Waals surface area contributed by atoms with E-state index in [9.17, 15) is 8.78 Å². The summed E-state index contributed by atoms with van der Waals surface area (Å²) in [5.74, 6) is 0.783. The quantitative estimate of drug-likeness (QED) is 0.650. The summed E-state index contributed by atoms with van der Waals surface area (Å²) < 4.78 is 40.3. The minimum atomic E-state index is -2.95. The molecule has 9 heteroatoms. The van der Waals surface area contributed by atoms with Crippen molar-refractivity contribution in [2.75, 3.05) is 20.3 Å². The van der Waals surface area contributed by atoms with Gasteiger partial charge in [-0.25, -0.2) is 4.98 Å². The van der Waals surface area contributed by atoms with E-state index in [0.717, 1.165) is 16.7 Å². The fourth-order valence-electron chi connectivity index (χ4n) is 3.51. The van der Waals surface area contributed by atoms with Crippen LogP contribution in [0.5, 0.6) is 11.6 Å². The van der Waals surface area contributed by atoms with E-state index in [1.165, 1.54) is 12.3 Å². The fraction of sp³-hybridized carbons (Fsp3) is 0.227. The molecule has 1 aliphatic rings. The van der Waals surface area contributed by atoms with Gasteiger partial charge in [-0.2, -0.15) is 8.78 Å². The zero-order valence-electron chi connectivity index (χ0n) is 16.7. The molecule has 3 heterocycles. The molecule has 4 rings (SSSR count). The molecule has 0 saturated heterocycles. The second-order valence-electron chi connectivity index (χ2n) is 6.91. The lowest BCUT2D eigenvalue weighted by Crippen LogP contribution is -2.40. The summed E-state index contributed by atoms with van der Waals surface area (Å²) >= 11 is 0. The Labute approximate surface area is 177 Å². The monoisotopic (exact) mass is 426 g/mol. The van der Waals surface area contributed by atoms with Crippen LogP contribution in [0.25, 0.3) is 11.1 Å². The van der Waals surface area contributed by atoms with Gasteiger partial charge < -0.3 is 19.9 Å². The molecule has 1 unspecified atom stereocenters. The van der Waals surface area contributed by atoms with Crippen molar-refractivity contribution in [3.63, 3.8) is 0 Å². The van der Waals surface area contributed by atoms with Gasteiger partial charge in [-0.05, 0) is 29.3 Å². The highest BCUT2D eigenvalue weighted by atomic mass is 19.3. The van der Waals surface area contributed by atoms with Crippen molar-refractivity contribution in [3.8, 4) is 22.8 Å². The molecule has 0 amide bonds. The van der Waals surface area contributed by atoms with E-state index in [2.05, 4.69) is 14.7 Å². The van der Waals surface area contributed by atoms with Gasteiger partial charge >= 0.3 is 6.61 Å². The van der Waals surface area contributed by atoms with Crippen molar-refractivity contribution in [1.29, 1.82) is 0 Å².